The molecule has 2 aliphatic heterocycles. The van der Waals surface area contributed by atoms with Gasteiger partial charge in [0.2, 0.25) is 0 Å². The fraction of sp³-hybridized carbons (Fsp3) is 0.273. The molecular weight excluding hydrogens is 358 g/mol. The highest BCUT2D eigenvalue weighted by Gasteiger charge is 2.17. The molecule has 0 radical (unpaired) electrons. The molecule has 3 heterocycles. The second-order valence-electron chi connectivity index (χ2n) is 6.86. The number of fused-ring (bicyclic) bond motifs is 2. The van der Waals surface area contributed by atoms with Crippen molar-refractivity contribution in [2.45, 2.75) is 26.3 Å². The van der Waals surface area contributed by atoms with Crippen molar-refractivity contribution in [2.24, 2.45) is 0 Å². The molecule has 0 amide bonds. The van der Waals surface area contributed by atoms with E-state index < -0.39 is 0 Å². The topological polar surface area (TPSA) is 30.9 Å². The third-order valence-corrected chi connectivity index (χ3v) is 5.84. The zero-order valence-corrected chi connectivity index (χ0v) is 15.8. The predicted octanol–water partition coefficient (Wildman–Crippen LogP) is 4.76. The highest BCUT2D eigenvalue weighted by atomic mass is 32.1. The van der Waals surface area contributed by atoms with Gasteiger partial charge >= 0.3 is 0 Å². The normalized spacial score (nSPS) is 14.8. The van der Waals surface area contributed by atoms with E-state index in [1.54, 1.807) is 11.3 Å². The van der Waals surface area contributed by atoms with Gasteiger partial charge in [-0.05, 0) is 40.3 Å². The lowest BCUT2D eigenvalue weighted by Crippen LogP contribution is -2.22. The van der Waals surface area contributed by atoms with Crippen molar-refractivity contribution >= 4 is 17.0 Å². The van der Waals surface area contributed by atoms with Gasteiger partial charge in [-0.25, -0.2) is 0 Å². The lowest BCUT2D eigenvalue weighted by Gasteiger charge is -2.27. The van der Waals surface area contributed by atoms with Crippen LogP contribution >= 0.6 is 11.3 Å². The average molecular weight is 379 g/mol. The first-order chi connectivity index (χ1) is 13.3. The van der Waals surface area contributed by atoms with E-state index in [0.29, 0.717) is 13.2 Å². The van der Waals surface area contributed by atoms with Crippen molar-refractivity contribution in [1.29, 1.82) is 0 Å². The fourth-order valence-electron chi connectivity index (χ4n) is 3.60. The molecule has 138 valence electrons. The van der Waals surface area contributed by atoms with Gasteiger partial charge in [0.15, 0.2) is 11.5 Å². The van der Waals surface area contributed by atoms with E-state index in [2.05, 4.69) is 52.7 Å². The SMILES string of the molecule is c1csc(CN(Cc2ccc3c(c2)COC3)c2ccc3c(c2)OCCO3)c1. The molecule has 2 aliphatic rings. The van der Waals surface area contributed by atoms with Crippen molar-refractivity contribution in [3.8, 4) is 11.5 Å². The molecule has 0 spiro atoms. The minimum absolute atomic E-state index is 0.603. The van der Waals surface area contributed by atoms with Crippen LogP contribution in [-0.4, -0.2) is 13.2 Å². The van der Waals surface area contributed by atoms with Gasteiger partial charge in [-0.3, -0.25) is 0 Å². The molecular formula is C22H21NO3S. The lowest BCUT2D eigenvalue weighted by atomic mass is 10.1. The van der Waals surface area contributed by atoms with Crippen LogP contribution in [0.15, 0.2) is 53.9 Å². The summed E-state index contributed by atoms with van der Waals surface area (Å²) in [4.78, 5) is 3.73. The number of nitrogens with zero attached hydrogens (tertiary/aromatic N) is 1. The van der Waals surface area contributed by atoms with Crippen LogP contribution in [0.1, 0.15) is 21.6 Å². The van der Waals surface area contributed by atoms with Crippen molar-refractivity contribution in [2.75, 3.05) is 18.1 Å². The number of hydrogen-bond acceptors (Lipinski definition) is 5. The second-order valence-corrected chi connectivity index (χ2v) is 7.89. The van der Waals surface area contributed by atoms with Crippen molar-refractivity contribution in [3.63, 3.8) is 0 Å². The molecule has 2 aromatic carbocycles. The van der Waals surface area contributed by atoms with Crippen molar-refractivity contribution in [1.82, 2.24) is 0 Å². The quantitative estimate of drug-likeness (QED) is 0.640. The van der Waals surface area contributed by atoms with Crippen LogP contribution in [0.2, 0.25) is 0 Å². The molecule has 0 saturated heterocycles. The minimum atomic E-state index is 0.603. The maximum atomic E-state index is 5.79. The number of hydrogen-bond donors (Lipinski definition) is 0. The third kappa shape index (κ3) is 3.53. The molecule has 0 saturated carbocycles. The second kappa shape index (κ2) is 7.25. The standard InChI is InChI=1S/C22H21NO3S/c1-2-20(27-9-1)13-23(12-16-3-4-17-14-24-15-18(17)10-16)19-5-6-21-22(11-19)26-8-7-25-21/h1-6,9-11H,7-8,12-15H2. The monoisotopic (exact) mass is 379 g/mol. The van der Waals surface area contributed by atoms with Gasteiger partial charge in [-0.2, -0.15) is 0 Å². The van der Waals surface area contributed by atoms with E-state index in [4.69, 9.17) is 14.2 Å². The summed E-state index contributed by atoms with van der Waals surface area (Å²) in [7, 11) is 0. The van der Waals surface area contributed by atoms with Gasteiger partial charge < -0.3 is 19.1 Å². The Morgan fingerprint density at radius 3 is 2.63 bits per heavy atom. The Morgan fingerprint density at radius 2 is 1.74 bits per heavy atom. The molecule has 0 aliphatic carbocycles. The summed E-state index contributed by atoms with van der Waals surface area (Å²) >= 11 is 1.79. The number of thiophene rings is 1. The first-order valence-corrected chi connectivity index (χ1v) is 10.1. The first-order valence-electron chi connectivity index (χ1n) is 9.20. The van der Waals surface area contributed by atoms with Crippen LogP contribution in [0.3, 0.4) is 0 Å². The molecule has 3 aromatic rings. The lowest BCUT2D eigenvalue weighted by molar-refractivity contribution is 0.134. The Balaban J connectivity index is 1.45. The summed E-state index contributed by atoms with van der Waals surface area (Å²) < 4.78 is 17.0. The van der Waals surface area contributed by atoms with Gasteiger partial charge in [0.05, 0.1) is 19.8 Å². The summed E-state index contributed by atoms with van der Waals surface area (Å²) in [6.45, 7) is 4.37. The Hall–Kier alpha value is -2.50. The van der Waals surface area contributed by atoms with Crippen LogP contribution < -0.4 is 14.4 Å². The smallest absolute Gasteiger partial charge is 0.163 e. The van der Waals surface area contributed by atoms with E-state index in [1.165, 1.54) is 21.6 Å². The number of ether oxygens (including phenoxy) is 3. The van der Waals surface area contributed by atoms with Crippen LogP contribution in [0, 0.1) is 0 Å². The van der Waals surface area contributed by atoms with Crippen LogP contribution in [0.25, 0.3) is 0 Å². The summed E-state index contributed by atoms with van der Waals surface area (Å²) in [6.07, 6.45) is 0. The van der Waals surface area contributed by atoms with Crippen molar-refractivity contribution in [3.05, 3.63) is 75.5 Å². The summed E-state index contributed by atoms with van der Waals surface area (Å²) in [5.74, 6) is 1.66. The molecule has 0 fully saturated rings. The highest BCUT2D eigenvalue weighted by Crippen LogP contribution is 2.35. The van der Waals surface area contributed by atoms with Gasteiger partial charge in [0.25, 0.3) is 0 Å². The van der Waals surface area contributed by atoms with E-state index >= 15 is 0 Å². The number of rotatable bonds is 5. The van der Waals surface area contributed by atoms with E-state index in [0.717, 1.165) is 43.5 Å². The van der Waals surface area contributed by atoms with E-state index in [9.17, 15) is 0 Å². The van der Waals surface area contributed by atoms with E-state index in [1.807, 2.05) is 6.07 Å². The average Bonchev–Trinajstić information content (AvgIpc) is 3.38. The van der Waals surface area contributed by atoms with Crippen LogP contribution in [0.4, 0.5) is 5.69 Å². The number of benzene rings is 2. The molecule has 0 bridgehead atoms. The fourth-order valence-corrected chi connectivity index (χ4v) is 4.32. The molecule has 27 heavy (non-hydrogen) atoms. The molecule has 4 nitrogen and oxygen atoms in total. The molecule has 0 N–H and O–H groups in total. The largest absolute Gasteiger partial charge is 0.486 e. The minimum Gasteiger partial charge on any atom is -0.486 e. The summed E-state index contributed by atoms with van der Waals surface area (Å²) in [5, 5.41) is 2.13. The predicted molar refractivity (Wildman–Crippen MR) is 107 cm³/mol. The Bertz CT molecular complexity index is 939. The van der Waals surface area contributed by atoms with Crippen LogP contribution in [-0.2, 0) is 31.0 Å². The van der Waals surface area contributed by atoms with Gasteiger partial charge in [-0.15, -0.1) is 11.3 Å². The molecule has 5 rings (SSSR count). The zero-order chi connectivity index (χ0) is 18.1. The number of anilines is 1. The summed E-state index contributed by atoms with van der Waals surface area (Å²) in [5.41, 5.74) is 5.06. The molecule has 0 atom stereocenters. The Kier molecular flexibility index (Phi) is 4.47. The maximum Gasteiger partial charge on any atom is 0.163 e. The molecule has 1 aromatic heterocycles. The van der Waals surface area contributed by atoms with Crippen molar-refractivity contribution < 1.29 is 14.2 Å². The third-order valence-electron chi connectivity index (χ3n) is 4.98. The first kappa shape index (κ1) is 16.7. The molecule has 0 unspecified atom stereocenters. The van der Waals surface area contributed by atoms with E-state index in [-0.39, 0.29) is 0 Å². The van der Waals surface area contributed by atoms with Gasteiger partial charge in [0, 0.05) is 23.2 Å². The van der Waals surface area contributed by atoms with Gasteiger partial charge in [-0.1, -0.05) is 24.3 Å². The van der Waals surface area contributed by atoms with Crippen LogP contribution in [0.5, 0.6) is 11.5 Å². The Morgan fingerprint density at radius 1 is 0.852 bits per heavy atom. The highest BCUT2D eigenvalue weighted by molar-refractivity contribution is 7.09. The zero-order valence-electron chi connectivity index (χ0n) is 15.0. The Labute approximate surface area is 162 Å². The summed E-state index contributed by atoms with van der Waals surface area (Å²) in [6, 6.07) is 17.2. The maximum absolute atomic E-state index is 5.79. The van der Waals surface area contributed by atoms with Gasteiger partial charge in [0.1, 0.15) is 13.2 Å². The molecule has 5 heteroatoms.